The van der Waals surface area contributed by atoms with E-state index >= 15 is 0 Å². The first-order chi connectivity index (χ1) is 16.5. The van der Waals surface area contributed by atoms with E-state index < -0.39 is 0 Å². The van der Waals surface area contributed by atoms with Gasteiger partial charge in [-0.2, -0.15) is 0 Å². The number of aliphatic hydroxyl groups excluding tert-OH is 1. The van der Waals surface area contributed by atoms with Gasteiger partial charge in [-0.15, -0.1) is 0 Å². The molecule has 3 heterocycles. The van der Waals surface area contributed by atoms with Crippen LogP contribution in [0.4, 0.5) is 0 Å². The minimum absolute atomic E-state index is 0.00910. The molecule has 0 saturated carbocycles. The van der Waals surface area contributed by atoms with E-state index in [4.69, 9.17) is 0 Å². The summed E-state index contributed by atoms with van der Waals surface area (Å²) in [6.07, 6.45) is 6.78. The Morgan fingerprint density at radius 1 is 1.06 bits per heavy atom. The van der Waals surface area contributed by atoms with E-state index in [1.54, 1.807) is 12.4 Å². The Balaban J connectivity index is 1.58. The molecule has 3 aromatic rings. The molecule has 1 amide bonds. The van der Waals surface area contributed by atoms with Crippen molar-refractivity contribution in [1.82, 2.24) is 14.8 Å². The fourth-order valence-corrected chi connectivity index (χ4v) is 5.88. The number of amides is 1. The molecule has 4 atom stereocenters. The van der Waals surface area contributed by atoms with Crippen LogP contribution in [0.15, 0.2) is 73.1 Å². The highest BCUT2D eigenvalue weighted by molar-refractivity contribution is 6.00. The second-order valence-corrected chi connectivity index (χ2v) is 9.96. The number of aromatic nitrogens is 1. The van der Waals surface area contributed by atoms with Crippen molar-refractivity contribution in [2.45, 2.75) is 44.3 Å². The third-order valence-electron chi connectivity index (χ3n) is 7.67. The Morgan fingerprint density at radius 2 is 1.79 bits per heavy atom. The van der Waals surface area contributed by atoms with Crippen molar-refractivity contribution in [3.8, 4) is 0 Å². The number of likely N-dealkylation sites (tertiary alicyclic amines) is 1. The van der Waals surface area contributed by atoms with Gasteiger partial charge in [-0.05, 0) is 65.8 Å². The van der Waals surface area contributed by atoms with E-state index in [2.05, 4.69) is 60.1 Å². The lowest BCUT2D eigenvalue weighted by molar-refractivity contribution is -0.132. The fourth-order valence-electron chi connectivity index (χ4n) is 5.88. The van der Waals surface area contributed by atoms with Gasteiger partial charge in [0.25, 0.3) is 0 Å². The zero-order valence-corrected chi connectivity index (χ0v) is 20.1. The molecule has 5 rings (SSSR count). The monoisotopic (exact) mass is 455 g/mol. The van der Waals surface area contributed by atoms with Crippen molar-refractivity contribution < 1.29 is 9.90 Å². The maximum atomic E-state index is 14.0. The van der Waals surface area contributed by atoms with Crippen LogP contribution in [0, 0.1) is 5.92 Å². The molecule has 176 valence electrons. The first-order valence-electron chi connectivity index (χ1n) is 12.2. The van der Waals surface area contributed by atoms with E-state index in [1.807, 2.05) is 36.2 Å². The quantitative estimate of drug-likeness (QED) is 0.622. The van der Waals surface area contributed by atoms with Gasteiger partial charge in [-0.25, -0.2) is 0 Å². The average Bonchev–Trinajstić information content (AvgIpc) is 3.30. The standard InChI is InChI=1S/C29H33N3O2/c1-19(2)32-17-24(15-25(32)18-33)27-16-26(21-10-12-30-13-11-21)28(29(34)31(27)3)23-9-8-20-6-4-5-7-22(20)14-23/h4-14,16,19,24-25,27-28,33H,15,17-18H2,1-3H3. The molecule has 2 aliphatic rings. The molecule has 5 heteroatoms. The van der Waals surface area contributed by atoms with Crippen LogP contribution in [0.25, 0.3) is 16.3 Å². The van der Waals surface area contributed by atoms with Crippen LogP contribution < -0.4 is 0 Å². The van der Waals surface area contributed by atoms with E-state index in [9.17, 15) is 9.90 Å². The third kappa shape index (κ3) is 4.04. The van der Waals surface area contributed by atoms with Crippen LogP contribution in [0.3, 0.4) is 0 Å². The first-order valence-corrected chi connectivity index (χ1v) is 12.2. The van der Waals surface area contributed by atoms with Crippen LogP contribution in [-0.2, 0) is 4.79 Å². The van der Waals surface area contributed by atoms with Gasteiger partial charge in [0.15, 0.2) is 0 Å². The topological polar surface area (TPSA) is 56.7 Å². The molecule has 2 aliphatic heterocycles. The van der Waals surface area contributed by atoms with Crippen LogP contribution in [-0.4, -0.2) is 64.1 Å². The summed E-state index contributed by atoms with van der Waals surface area (Å²) in [6.45, 7) is 5.38. The van der Waals surface area contributed by atoms with E-state index in [0.717, 1.165) is 35.1 Å². The highest BCUT2D eigenvalue weighted by Crippen LogP contribution is 2.42. The number of benzene rings is 2. The Bertz CT molecular complexity index is 1210. The van der Waals surface area contributed by atoms with Gasteiger partial charge in [0.05, 0.1) is 18.6 Å². The molecule has 1 aromatic heterocycles. The van der Waals surface area contributed by atoms with Gasteiger partial charge in [0, 0.05) is 38.1 Å². The van der Waals surface area contributed by atoms with Gasteiger partial charge in [0.2, 0.25) is 5.91 Å². The molecule has 2 aromatic carbocycles. The predicted molar refractivity (Wildman–Crippen MR) is 136 cm³/mol. The molecule has 1 fully saturated rings. The zero-order chi connectivity index (χ0) is 23.8. The Hall–Kier alpha value is -3.02. The largest absolute Gasteiger partial charge is 0.395 e. The Morgan fingerprint density at radius 3 is 2.47 bits per heavy atom. The number of likely N-dealkylation sites (N-methyl/N-ethyl adjacent to an activating group) is 1. The van der Waals surface area contributed by atoms with Crippen LogP contribution in [0.2, 0.25) is 0 Å². The molecule has 1 saturated heterocycles. The van der Waals surface area contributed by atoms with Crippen LogP contribution in [0.1, 0.15) is 37.3 Å². The third-order valence-corrected chi connectivity index (χ3v) is 7.67. The molecule has 1 N–H and O–H groups in total. The van der Waals surface area contributed by atoms with Crippen molar-refractivity contribution in [2.24, 2.45) is 5.92 Å². The fraction of sp³-hybridized carbons (Fsp3) is 0.379. The maximum Gasteiger partial charge on any atom is 0.234 e. The van der Waals surface area contributed by atoms with Crippen molar-refractivity contribution in [3.05, 3.63) is 84.2 Å². The number of hydrogen-bond acceptors (Lipinski definition) is 4. The second kappa shape index (κ2) is 9.32. The second-order valence-electron chi connectivity index (χ2n) is 9.96. The number of carbonyl (C=O) groups excluding carboxylic acids is 1. The van der Waals surface area contributed by atoms with Crippen molar-refractivity contribution in [3.63, 3.8) is 0 Å². The summed E-state index contributed by atoms with van der Waals surface area (Å²) in [5, 5.41) is 12.3. The number of carbonyl (C=O) groups is 1. The van der Waals surface area contributed by atoms with Crippen molar-refractivity contribution >= 4 is 22.3 Å². The molecule has 0 aliphatic carbocycles. The van der Waals surface area contributed by atoms with Gasteiger partial charge < -0.3 is 10.0 Å². The highest BCUT2D eigenvalue weighted by Gasteiger charge is 2.43. The number of nitrogens with zero attached hydrogens (tertiary/aromatic N) is 3. The molecule has 0 bridgehead atoms. The number of fused-ring (bicyclic) bond motifs is 1. The zero-order valence-electron chi connectivity index (χ0n) is 20.1. The number of hydrogen-bond donors (Lipinski definition) is 1. The number of aliphatic hydroxyl groups is 1. The molecule has 4 unspecified atom stereocenters. The highest BCUT2D eigenvalue weighted by atomic mass is 16.3. The first kappa shape index (κ1) is 22.8. The summed E-state index contributed by atoms with van der Waals surface area (Å²) < 4.78 is 0. The van der Waals surface area contributed by atoms with Gasteiger partial charge in [-0.3, -0.25) is 14.7 Å². The van der Waals surface area contributed by atoms with Crippen molar-refractivity contribution in [1.29, 1.82) is 0 Å². The smallest absolute Gasteiger partial charge is 0.234 e. The molecule has 5 nitrogen and oxygen atoms in total. The summed E-state index contributed by atoms with van der Waals surface area (Å²) >= 11 is 0. The lowest BCUT2D eigenvalue weighted by atomic mass is 9.79. The molecular weight excluding hydrogens is 422 g/mol. The minimum atomic E-state index is -0.357. The maximum absolute atomic E-state index is 14.0. The van der Waals surface area contributed by atoms with Crippen LogP contribution >= 0.6 is 0 Å². The van der Waals surface area contributed by atoms with Gasteiger partial charge >= 0.3 is 0 Å². The minimum Gasteiger partial charge on any atom is -0.395 e. The molecule has 0 spiro atoms. The molecule has 0 radical (unpaired) electrons. The van der Waals surface area contributed by atoms with Crippen LogP contribution in [0.5, 0.6) is 0 Å². The van der Waals surface area contributed by atoms with Crippen molar-refractivity contribution in [2.75, 3.05) is 20.2 Å². The number of rotatable bonds is 5. The normalized spacial score (nSPS) is 25.9. The van der Waals surface area contributed by atoms with E-state index in [0.29, 0.717) is 6.04 Å². The number of pyridine rings is 1. The Kier molecular flexibility index (Phi) is 6.24. The molecule has 34 heavy (non-hydrogen) atoms. The Labute approximate surface area is 201 Å². The van der Waals surface area contributed by atoms with E-state index in [1.165, 1.54) is 5.39 Å². The summed E-state index contributed by atoms with van der Waals surface area (Å²) in [4.78, 5) is 22.5. The summed E-state index contributed by atoms with van der Waals surface area (Å²) in [5.74, 6) is 0.0468. The summed E-state index contributed by atoms with van der Waals surface area (Å²) in [7, 11) is 1.94. The SMILES string of the molecule is CC(C)N1CC(C2C=C(c3ccncc3)C(c3ccc4ccccc4c3)C(=O)N2C)CC1CO. The predicted octanol–water partition coefficient (Wildman–Crippen LogP) is 4.33. The van der Waals surface area contributed by atoms with E-state index in [-0.39, 0.29) is 36.4 Å². The summed E-state index contributed by atoms with van der Waals surface area (Å²) in [6, 6.07) is 19.1. The lowest BCUT2D eigenvalue weighted by Crippen LogP contribution is -2.47. The lowest BCUT2D eigenvalue weighted by Gasteiger charge is -2.39. The van der Waals surface area contributed by atoms with Gasteiger partial charge in [-0.1, -0.05) is 48.5 Å². The van der Waals surface area contributed by atoms with Gasteiger partial charge in [0.1, 0.15) is 0 Å². The molecular formula is C29H33N3O2. The average molecular weight is 456 g/mol. The summed E-state index contributed by atoms with van der Waals surface area (Å²) in [5.41, 5.74) is 3.10.